The Morgan fingerprint density at radius 2 is 1.96 bits per heavy atom. The van der Waals surface area contributed by atoms with E-state index in [-0.39, 0.29) is 5.49 Å². The molecule has 3 aromatic rings. The van der Waals surface area contributed by atoms with E-state index in [2.05, 4.69) is 25.1 Å². The second-order valence-electron chi connectivity index (χ2n) is 5.97. The number of benzene rings is 1. The van der Waals surface area contributed by atoms with Crippen LogP contribution in [0.2, 0.25) is 0 Å². The number of aromatic nitrogens is 2. The van der Waals surface area contributed by atoms with Crippen molar-refractivity contribution in [3.8, 4) is 6.07 Å². The fraction of sp³-hybridized carbons (Fsp3) is 0.353. The summed E-state index contributed by atoms with van der Waals surface area (Å²) in [6.07, 6.45) is 0. The van der Waals surface area contributed by atoms with Gasteiger partial charge in [-0.15, -0.1) is 0 Å². The maximum Gasteiger partial charge on any atom is 0.198 e. The summed E-state index contributed by atoms with van der Waals surface area (Å²) in [5.74, 6) is 0.604. The predicted molar refractivity (Wildman–Crippen MR) is 93.7 cm³/mol. The SMILES string of the molecule is Cc1ccc(C)c2c1sc1nc(N3CCOCC3)c(C#N)c(=N)n12. The van der Waals surface area contributed by atoms with Crippen molar-refractivity contribution in [2.24, 2.45) is 0 Å². The lowest BCUT2D eigenvalue weighted by molar-refractivity contribution is 0.122. The van der Waals surface area contributed by atoms with E-state index in [9.17, 15) is 5.26 Å². The highest BCUT2D eigenvalue weighted by atomic mass is 32.1. The highest BCUT2D eigenvalue weighted by Crippen LogP contribution is 2.31. The van der Waals surface area contributed by atoms with Gasteiger partial charge >= 0.3 is 0 Å². The van der Waals surface area contributed by atoms with Crippen LogP contribution in [0, 0.1) is 30.6 Å². The number of thiazole rings is 1. The quantitative estimate of drug-likeness (QED) is 0.738. The van der Waals surface area contributed by atoms with Crippen molar-refractivity contribution in [3.63, 3.8) is 0 Å². The predicted octanol–water partition coefficient (Wildman–Crippen LogP) is 2.35. The van der Waals surface area contributed by atoms with Crippen LogP contribution in [0.1, 0.15) is 16.7 Å². The van der Waals surface area contributed by atoms with Crippen molar-refractivity contribution < 1.29 is 4.74 Å². The van der Waals surface area contributed by atoms with Crippen molar-refractivity contribution in [2.45, 2.75) is 13.8 Å². The lowest BCUT2D eigenvalue weighted by atomic mass is 10.1. The van der Waals surface area contributed by atoms with Gasteiger partial charge in [-0.1, -0.05) is 23.5 Å². The number of hydrogen-bond donors (Lipinski definition) is 1. The maximum atomic E-state index is 9.65. The standard InChI is InChI=1S/C17H17N5OS/c1-10-3-4-11(2)14-13(10)22-15(19)12(9-18)16(20-17(22)24-14)21-5-7-23-8-6-21/h3-4,19H,5-8H2,1-2H3. The smallest absolute Gasteiger partial charge is 0.198 e. The van der Waals surface area contributed by atoms with Crippen LogP contribution in [-0.4, -0.2) is 35.7 Å². The fourth-order valence-electron chi connectivity index (χ4n) is 3.16. The Hall–Kier alpha value is -2.43. The van der Waals surface area contributed by atoms with E-state index in [0.29, 0.717) is 37.7 Å². The van der Waals surface area contributed by atoms with Gasteiger partial charge in [-0.05, 0) is 25.0 Å². The number of fused-ring (bicyclic) bond motifs is 3. The highest BCUT2D eigenvalue weighted by Gasteiger charge is 2.21. The summed E-state index contributed by atoms with van der Waals surface area (Å²) in [5.41, 5.74) is 3.78. The molecule has 0 saturated carbocycles. The Kier molecular flexibility index (Phi) is 3.52. The number of hydrogen-bond acceptors (Lipinski definition) is 6. The molecule has 0 atom stereocenters. The van der Waals surface area contributed by atoms with E-state index in [1.54, 1.807) is 11.3 Å². The van der Waals surface area contributed by atoms with Crippen LogP contribution in [0.5, 0.6) is 0 Å². The minimum Gasteiger partial charge on any atom is -0.378 e. The zero-order valence-corrected chi connectivity index (χ0v) is 14.4. The lowest BCUT2D eigenvalue weighted by Crippen LogP contribution is -2.38. The van der Waals surface area contributed by atoms with Crippen molar-refractivity contribution in [1.29, 1.82) is 10.7 Å². The van der Waals surface area contributed by atoms with Crippen molar-refractivity contribution in [1.82, 2.24) is 9.38 Å². The van der Waals surface area contributed by atoms with Crippen molar-refractivity contribution in [2.75, 3.05) is 31.2 Å². The third-order valence-electron chi connectivity index (χ3n) is 4.45. The van der Waals surface area contributed by atoms with E-state index >= 15 is 0 Å². The Morgan fingerprint density at radius 1 is 1.25 bits per heavy atom. The van der Waals surface area contributed by atoms with Crippen LogP contribution >= 0.6 is 11.3 Å². The minimum absolute atomic E-state index is 0.212. The molecule has 24 heavy (non-hydrogen) atoms. The molecule has 2 aromatic heterocycles. The molecule has 0 bridgehead atoms. The van der Waals surface area contributed by atoms with Gasteiger partial charge in [0.15, 0.2) is 16.3 Å². The molecule has 1 fully saturated rings. The van der Waals surface area contributed by atoms with E-state index in [1.807, 2.05) is 16.2 Å². The number of aryl methyl sites for hydroxylation is 2. The molecule has 0 amide bonds. The summed E-state index contributed by atoms with van der Waals surface area (Å²) < 4.78 is 8.32. The number of nitriles is 1. The monoisotopic (exact) mass is 339 g/mol. The van der Waals surface area contributed by atoms with Crippen molar-refractivity contribution >= 4 is 32.3 Å². The van der Waals surface area contributed by atoms with Crippen LogP contribution in [-0.2, 0) is 4.74 Å². The molecule has 1 aromatic carbocycles. The summed E-state index contributed by atoms with van der Waals surface area (Å²) >= 11 is 1.58. The van der Waals surface area contributed by atoms with Gasteiger partial charge in [0.2, 0.25) is 0 Å². The van der Waals surface area contributed by atoms with Gasteiger partial charge in [0.1, 0.15) is 11.6 Å². The highest BCUT2D eigenvalue weighted by molar-refractivity contribution is 7.23. The van der Waals surface area contributed by atoms with E-state index in [0.717, 1.165) is 26.3 Å². The average Bonchev–Trinajstić information content (AvgIpc) is 3.00. The van der Waals surface area contributed by atoms with Crippen LogP contribution in [0.15, 0.2) is 12.1 Å². The molecule has 1 N–H and O–H groups in total. The second kappa shape index (κ2) is 5.58. The molecule has 1 aliphatic heterocycles. The second-order valence-corrected chi connectivity index (χ2v) is 6.94. The van der Waals surface area contributed by atoms with Gasteiger partial charge in [-0.25, -0.2) is 4.98 Å². The Labute approximate surface area is 143 Å². The van der Waals surface area contributed by atoms with Crippen LogP contribution in [0.3, 0.4) is 0 Å². The molecule has 0 radical (unpaired) electrons. The summed E-state index contributed by atoms with van der Waals surface area (Å²) in [5, 5.41) is 18.3. The van der Waals surface area contributed by atoms with E-state index in [1.165, 1.54) is 0 Å². The number of nitrogens with one attached hydrogen (secondary N) is 1. The summed E-state index contributed by atoms with van der Waals surface area (Å²) in [6, 6.07) is 6.34. The lowest BCUT2D eigenvalue weighted by Gasteiger charge is -2.28. The largest absolute Gasteiger partial charge is 0.378 e. The number of morpholine rings is 1. The van der Waals surface area contributed by atoms with E-state index in [4.69, 9.17) is 15.1 Å². The third-order valence-corrected chi connectivity index (χ3v) is 5.62. The normalized spacial score (nSPS) is 15.1. The van der Waals surface area contributed by atoms with Gasteiger partial charge < -0.3 is 9.64 Å². The third kappa shape index (κ3) is 2.11. The first-order valence-corrected chi connectivity index (χ1v) is 8.66. The number of ether oxygens (including phenoxy) is 1. The molecule has 122 valence electrons. The fourth-order valence-corrected chi connectivity index (χ4v) is 4.33. The summed E-state index contributed by atoms with van der Waals surface area (Å²) in [4.78, 5) is 7.56. The molecular weight excluding hydrogens is 322 g/mol. The number of anilines is 1. The Balaban J connectivity index is 2.09. The summed E-state index contributed by atoms with van der Waals surface area (Å²) in [6.45, 7) is 6.73. The average molecular weight is 339 g/mol. The summed E-state index contributed by atoms with van der Waals surface area (Å²) in [7, 11) is 0. The van der Waals surface area contributed by atoms with Gasteiger partial charge in [-0.3, -0.25) is 9.81 Å². The topological polar surface area (TPSA) is 77.4 Å². The molecule has 3 heterocycles. The van der Waals surface area contributed by atoms with Crippen LogP contribution in [0.4, 0.5) is 5.82 Å². The first-order valence-electron chi connectivity index (χ1n) is 7.84. The molecule has 0 aliphatic carbocycles. The molecular formula is C17H17N5OS. The molecule has 7 heteroatoms. The zero-order chi connectivity index (χ0) is 16.8. The number of rotatable bonds is 1. The molecule has 4 rings (SSSR count). The van der Waals surface area contributed by atoms with Gasteiger partial charge in [0.25, 0.3) is 0 Å². The minimum atomic E-state index is 0.212. The van der Waals surface area contributed by atoms with Gasteiger partial charge in [0, 0.05) is 13.1 Å². The Bertz CT molecular complexity index is 1050. The number of nitrogens with zero attached hydrogens (tertiary/aromatic N) is 4. The molecule has 1 saturated heterocycles. The van der Waals surface area contributed by atoms with Crippen molar-refractivity contribution in [3.05, 3.63) is 34.3 Å². The maximum absolute atomic E-state index is 9.65. The Morgan fingerprint density at radius 3 is 2.67 bits per heavy atom. The first kappa shape index (κ1) is 15.1. The van der Waals surface area contributed by atoms with Crippen LogP contribution in [0.25, 0.3) is 15.2 Å². The zero-order valence-electron chi connectivity index (χ0n) is 13.6. The van der Waals surface area contributed by atoms with Gasteiger partial charge in [-0.2, -0.15) is 5.26 Å². The van der Waals surface area contributed by atoms with Crippen LogP contribution < -0.4 is 10.4 Å². The molecule has 6 nitrogen and oxygen atoms in total. The van der Waals surface area contributed by atoms with E-state index < -0.39 is 0 Å². The molecule has 1 aliphatic rings. The van der Waals surface area contributed by atoms with Gasteiger partial charge in [0.05, 0.1) is 23.4 Å². The molecule has 0 spiro atoms. The first-order chi connectivity index (χ1) is 11.6. The molecule has 0 unspecified atom stereocenters.